The van der Waals surface area contributed by atoms with Crippen molar-refractivity contribution in [3.63, 3.8) is 0 Å². The minimum Gasteiger partial charge on any atom is -0.390 e. The van der Waals surface area contributed by atoms with Crippen LogP contribution in [0.25, 0.3) is 0 Å². The highest BCUT2D eigenvalue weighted by Gasteiger charge is 2.44. The number of carbonyl (C=O) groups is 1. The van der Waals surface area contributed by atoms with E-state index in [1.807, 2.05) is 0 Å². The van der Waals surface area contributed by atoms with Crippen molar-refractivity contribution >= 4 is 5.91 Å². The monoisotopic (exact) mass is 343 g/mol. The average Bonchev–Trinajstić information content (AvgIpc) is 2.57. The highest BCUT2D eigenvalue weighted by molar-refractivity contribution is 5.94. The minimum atomic E-state index is -4.41. The van der Waals surface area contributed by atoms with Gasteiger partial charge in [0.2, 0.25) is 0 Å². The third kappa shape index (κ3) is 3.28. The van der Waals surface area contributed by atoms with Crippen LogP contribution in [0.2, 0.25) is 0 Å². The molecule has 1 spiro atoms. The van der Waals surface area contributed by atoms with Crippen molar-refractivity contribution in [1.82, 2.24) is 4.90 Å². The zero-order chi connectivity index (χ0) is 17.4. The number of halogens is 3. The van der Waals surface area contributed by atoms with E-state index >= 15 is 0 Å². The van der Waals surface area contributed by atoms with Gasteiger partial charge in [0.25, 0.3) is 5.91 Å². The predicted octanol–water partition coefficient (Wildman–Crippen LogP) is 2.85. The number of aliphatic hydroxyl groups excluding tert-OH is 1. The maximum absolute atomic E-state index is 12.6. The van der Waals surface area contributed by atoms with Gasteiger partial charge in [0, 0.05) is 25.3 Å². The molecule has 4 nitrogen and oxygen atoms in total. The predicted molar refractivity (Wildman–Crippen MR) is 80.5 cm³/mol. The molecule has 2 heterocycles. The molecule has 0 aliphatic carbocycles. The second kappa shape index (κ2) is 6.37. The van der Waals surface area contributed by atoms with Crippen LogP contribution >= 0.6 is 0 Å². The molecule has 2 saturated heterocycles. The van der Waals surface area contributed by atoms with Gasteiger partial charge in [-0.2, -0.15) is 13.2 Å². The summed E-state index contributed by atoms with van der Waals surface area (Å²) < 4.78 is 43.5. The fourth-order valence-corrected chi connectivity index (χ4v) is 3.46. The van der Waals surface area contributed by atoms with E-state index in [0.717, 1.165) is 18.6 Å². The summed E-state index contributed by atoms with van der Waals surface area (Å²) in [5.74, 6) is -0.288. The van der Waals surface area contributed by atoms with Gasteiger partial charge in [0.15, 0.2) is 0 Å². The summed E-state index contributed by atoms with van der Waals surface area (Å²) in [6.45, 7) is 1.47. The first-order valence-electron chi connectivity index (χ1n) is 8.10. The van der Waals surface area contributed by atoms with Crippen LogP contribution in [0, 0.1) is 0 Å². The van der Waals surface area contributed by atoms with Crippen LogP contribution in [0.4, 0.5) is 13.2 Å². The summed E-state index contributed by atoms with van der Waals surface area (Å²) in [6, 6.07) is 4.27. The second-order valence-corrected chi connectivity index (χ2v) is 6.44. The molecule has 0 bridgehead atoms. The summed E-state index contributed by atoms with van der Waals surface area (Å²) in [4.78, 5) is 14.1. The first-order valence-corrected chi connectivity index (χ1v) is 8.10. The number of hydrogen-bond acceptors (Lipinski definition) is 3. The molecule has 24 heavy (non-hydrogen) atoms. The Bertz CT molecular complexity index is 592. The van der Waals surface area contributed by atoms with E-state index in [-0.39, 0.29) is 11.5 Å². The van der Waals surface area contributed by atoms with Gasteiger partial charge in [0.05, 0.1) is 17.3 Å². The van der Waals surface area contributed by atoms with Gasteiger partial charge in [-0.3, -0.25) is 4.79 Å². The lowest BCUT2D eigenvalue weighted by Crippen LogP contribution is -2.56. The Labute approximate surface area is 138 Å². The first kappa shape index (κ1) is 17.2. The summed E-state index contributed by atoms with van der Waals surface area (Å²) in [5, 5.41) is 10.2. The smallest absolute Gasteiger partial charge is 0.390 e. The number of piperidine rings is 1. The Balaban J connectivity index is 1.65. The summed E-state index contributed by atoms with van der Waals surface area (Å²) >= 11 is 0. The molecule has 1 N–H and O–H groups in total. The van der Waals surface area contributed by atoms with Crippen molar-refractivity contribution in [3.05, 3.63) is 35.4 Å². The van der Waals surface area contributed by atoms with Gasteiger partial charge in [-0.05, 0) is 49.9 Å². The van der Waals surface area contributed by atoms with Crippen molar-refractivity contribution < 1.29 is 27.8 Å². The number of ether oxygens (including phenoxy) is 1. The number of hydrogen-bond donors (Lipinski definition) is 1. The molecule has 0 aromatic heterocycles. The molecule has 1 unspecified atom stereocenters. The van der Waals surface area contributed by atoms with Gasteiger partial charge in [-0.1, -0.05) is 0 Å². The molecule has 2 aliphatic rings. The summed E-state index contributed by atoms with van der Waals surface area (Å²) in [5.41, 5.74) is -1.10. The van der Waals surface area contributed by atoms with Crippen LogP contribution in [0.1, 0.15) is 41.6 Å². The van der Waals surface area contributed by atoms with E-state index in [0.29, 0.717) is 39.0 Å². The normalized spacial score (nSPS) is 24.2. The summed E-state index contributed by atoms with van der Waals surface area (Å²) in [6.07, 6.45) is -2.31. The molecule has 2 aliphatic heterocycles. The van der Waals surface area contributed by atoms with Gasteiger partial charge in [-0.25, -0.2) is 0 Å². The number of likely N-dealkylation sites (tertiary alicyclic amines) is 1. The van der Waals surface area contributed by atoms with Crippen molar-refractivity contribution in [2.24, 2.45) is 0 Å². The molecule has 1 amide bonds. The second-order valence-electron chi connectivity index (χ2n) is 6.44. The molecule has 1 aromatic rings. The molecule has 0 saturated carbocycles. The maximum atomic E-state index is 12.6. The third-order valence-corrected chi connectivity index (χ3v) is 4.97. The number of nitrogens with zero attached hydrogens (tertiary/aromatic N) is 1. The van der Waals surface area contributed by atoms with E-state index in [1.54, 1.807) is 4.90 Å². The van der Waals surface area contributed by atoms with E-state index < -0.39 is 23.4 Å². The SMILES string of the molecule is O=C(c1ccc(C(F)(F)F)cc1)N1CCC2(CC1)OCCCC2O. The van der Waals surface area contributed by atoms with Crippen LogP contribution in [0.3, 0.4) is 0 Å². The van der Waals surface area contributed by atoms with Crippen molar-refractivity contribution in [3.8, 4) is 0 Å². The van der Waals surface area contributed by atoms with E-state index in [4.69, 9.17) is 4.74 Å². The van der Waals surface area contributed by atoms with Crippen LogP contribution in [-0.4, -0.2) is 47.3 Å². The van der Waals surface area contributed by atoms with Gasteiger partial charge < -0.3 is 14.7 Å². The standard InChI is InChI=1S/C17H20F3NO3/c18-17(19,20)13-5-3-12(4-6-13)15(23)21-9-7-16(8-10-21)14(22)2-1-11-24-16/h3-6,14,22H,1-2,7-11H2. The Hall–Kier alpha value is -1.60. The van der Waals surface area contributed by atoms with Crippen LogP contribution in [0.5, 0.6) is 0 Å². The molecule has 132 valence electrons. The Morgan fingerprint density at radius 2 is 1.83 bits per heavy atom. The largest absolute Gasteiger partial charge is 0.416 e. The zero-order valence-corrected chi connectivity index (χ0v) is 13.2. The Morgan fingerprint density at radius 3 is 2.38 bits per heavy atom. The minimum absolute atomic E-state index is 0.240. The van der Waals surface area contributed by atoms with E-state index in [9.17, 15) is 23.1 Å². The molecule has 1 atom stereocenters. The molecule has 7 heteroatoms. The number of rotatable bonds is 1. The lowest BCUT2D eigenvalue weighted by molar-refractivity contribution is -0.174. The van der Waals surface area contributed by atoms with E-state index in [1.165, 1.54) is 12.1 Å². The van der Waals surface area contributed by atoms with Crippen molar-refractivity contribution in [2.75, 3.05) is 19.7 Å². The van der Waals surface area contributed by atoms with Crippen molar-refractivity contribution in [2.45, 2.75) is 43.6 Å². The Kier molecular flexibility index (Phi) is 4.57. The Morgan fingerprint density at radius 1 is 1.21 bits per heavy atom. The molecular weight excluding hydrogens is 323 g/mol. The molecule has 0 radical (unpaired) electrons. The fraction of sp³-hybridized carbons (Fsp3) is 0.588. The lowest BCUT2D eigenvalue weighted by atomic mass is 9.82. The number of carbonyl (C=O) groups excluding carboxylic acids is 1. The highest BCUT2D eigenvalue weighted by Crippen LogP contribution is 2.35. The number of aliphatic hydroxyl groups is 1. The maximum Gasteiger partial charge on any atom is 0.416 e. The molecule has 1 aromatic carbocycles. The van der Waals surface area contributed by atoms with Gasteiger partial charge in [0.1, 0.15) is 0 Å². The van der Waals surface area contributed by atoms with Gasteiger partial charge >= 0.3 is 6.18 Å². The molecule has 3 rings (SSSR count). The quantitative estimate of drug-likeness (QED) is 0.853. The number of benzene rings is 1. The molecule has 2 fully saturated rings. The number of amides is 1. The van der Waals surface area contributed by atoms with Gasteiger partial charge in [-0.15, -0.1) is 0 Å². The fourth-order valence-electron chi connectivity index (χ4n) is 3.46. The van der Waals surface area contributed by atoms with Crippen LogP contribution < -0.4 is 0 Å². The summed E-state index contributed by atoms with van der Waals surface area (Å²) in [7, 11) is 0. The average molecular weight is 343 g/mol. The molecular formula is C17H20F3NO3. The topological polar surface area (TPSA) is 49.8 Å². The first-order chi connectivity index (χ1) is 11.3. The number of alkyl halides is 3. The van der Waals surface area contributed by atoms with Crippen molar-refractivity contribution in [1.29, 1.82) is 0 Å². The third-order valence-electron chi connectivity index (χ3n) is 4.97. The highest BCUT2D eigenvalue weighted by atomic mass is 19.4. The van der Waals surface area contributed by atoms with Crippen LogP contribution in [0.15, 0.2) is 24.3 Å². The van der Waals surface area contributed by atoms with E-state index in [2.05, 4.69) is 0 Å². The zero-order valence-electron chi connectivity index (χ0n) is 13.2. The lowest BCUT2D eigenvalue weighted by Gasteiger charge is -2.46. The van der Waals surface area contributed by atoms with Crippen LogP contribution in [-0.2, 0) is 10.9 Å².